The number of aryl methyl sites for hydroxylation is 1. The van der Waals surface area contributed by atoms with Gasteiger partial charge in [-0.05, 0) is 98.2 Å². The average Bonchev–Trinajstić information content (AvgIpc) is 3.54. The zero-order valence-corrected chi connectivity index (χ0v) is 24.9. The Hall–Kier alpha value is -2.22. The summed E-state index contributed by atoms with van der Waals surface area (Å²) in [6, 6.07) is 0. The maximum atomic E-state index is 13.2. The van der Waals surface area contributed by atoms with Crippen molar-refractivity contribution in [1.29, 1.82) is 0 Å². The molecule has 1 aromatic rings. The topological polar surface area (TPSA) is 99.8 Å². The number of piperazine rings is 1. The summed E-state index contributed by atoms with van der Waals surface area (Å²) < 4.78 is 5.29. The zero-order chi connectivity index (χ0) is 28.2. The van der Waals surface area contributed by atoms with Crippen molar-refractivity contribution in [2.75, 3.05) is 26.2 Å². The number of aliphatic hydroxyl groups excluding tert-OH is 1. The van der Waals surface area contributed by atoms with E-state index < -0.39 is 0 Å². The summed E-state index contributed by atoms with van der Waals surface area (Å²) >= 11 is 0. The Bertz CT molecular complexity index is 1160. The van der Waals surface area contributed by atoms with Gasteiger partial charge in [-0.2, -0.15) is 0 Å². The number of fused-ring (bicyclic) bond motifs is 5. The Morgan fingerprint density at radius 2 is 1.80 bits per heavy atom. The first-order valence-corrected chi connectivity index (χ1v) is 15.8. The van der Waals surface area contributed by atoms with E-state index in [0.717, 1.165) is 43.4 Å². The van der Waals surface area contributed by atoms with Crippen molar-refractivity contribution in [3.8, 4) is 0 Å². The number of aromatic nitrogens is 2. The van der Waals surface area contributed by atoms with Crippen LogP contribution in [0.3, 0.4) is 0 Å². The Morgan fingerprint density at radius 1 is 1.05 bits per heavy atom. The van der Waals surface area contributed by atoms with Crippen LogP contribution in [0.25, 0.3) is 0 Å². The summed E-state index contributed by atoms with van der Waals surface area (Å²) in [5.74, 6) is 3.92. The lowest BCUT2D eigenvalue weighted by Gasteiger charge is -2.58. The first kappa shape index (κ1) is 27.9. The second kappa shape index (κ2) is 10.6. The molecule has 3 saturated carbocycles. The smallest absolute Gasteiger partial charge is 0.311 e. The number of carbonyl (C=O) groups excluding carboxylic acids is 2. The van der Waals surface area contributed by atoms with Crippen LogP contribution in [-0.4, -0.2) is 69.2 Å². The van der Waals surface area contributed by atoms with Gasteiger partial charge in [0.05, 0.1) is 6.10 Å². The van der Waals surface area contributed by atoms with Gasteiger partial charge in [-0.25, -0.2) is 0 Å². The van der Waals surface area contributed by atoms with E-state index in [0.29, 0.717) is 61.2 Å². The van der Waals surface area contributed by atoms with Gasteiger partial charge in [-0.1, -0.05) is 32.4 Å². The molecule has 8 heteroatoms. The molecule has 4 fully saturated rings. The minimum atomic E-state index is -0.250. The summed E-state index contributed by atoms with van der Waals surface area (Å²) in [4.78, 5) is 29.4. The fraction of sp³-hybridized carbons (Fsp3) is 0.812. The molecule has 5 aliphatic rings. The van der Waals surface area contributed by atoms with Crippen molar-refractivity contribution < 1.29 is 19.1 Å². The monoisotopic (exact) mass is 552 g/mol. The maximum Gasteiger partial charge on any atom is 0.311 e. The molecule has 1 saturated heterocycles. The predicted octanol–water partition coefficient (Wildman–Crippen LogP) is 5.02. The highest BCUT2D eigenvalue weighted by Gasteiger charge is 2.59. The molecular weight excluding hydrogens is 504 g/mol. The SMILES string of the molecule is Cc1nnc(C(=O)N2CCN(C(=O)CCC(C)[C@H]3CC[C@H]4[C@@H]5CC=C6C[C@@H](O)CC[C@]6(C)[C@H]5CC[C@]34C)CC2)o1. The quantitative estimate of drug-likeness (QED) is 0.515. The van der Waals surface area contributed by atoms with Crippen molar-refractivity contribution in [2.45, 2.75) is 98.0 Å². The van der Waals surface area contributed by atoms with Gasteiger partial charge in [-0.3, -0.25) is 9.59 Å². The Kier molecular flexibility index (Phi) is 7.37. The van der Waals surface area contributed by atoms with E-state index in [2.05, 4.69) is 37.0 Å². The third-order valence-electron chi connectivity index (χ3n) is 12.3. The van der Waals surface area contributed by atoms with Crippen LogP contribution >= 0.6 is 0 Å². The number of hydrogen-bond acceptors (Lipinski definition) is 6. The molecule has 0 bridgehead atoms. The molecule has 4 aliphatic carbocycles. The molecule has 1 unspecified atom stereocenters. The minimum Gasteiger partial charge on any atom is -0.417 e. The van der Waals surface area contributed by atoms with E-state index in [-0.39, 0.29) is 23.8 Å². The highest BCUT2D eigenvalue weighted by molar-refractivity contribution is 5.89. The van der Waals surface area contributed by atoms with Gasteiger partial charge in [-0.15, -0.1) is 10.2 Å². The van der Waals surface area contributed by atoms with Gasteiger partial charge in [0.25, 0.3) is 0 Å². The number of amides is 2. The molecule has 1 aliphatic heterocycles. The first-order valence-electron chi connectivity index (χ1n) is 15.8. The van der Waals surface area contributed by atoms with Crippen LogP contribution in [0.2, 0.25) is 0 Å². The van der Waals surface area contributed by atoms with Crippen molar-refractivity contribution >= 4 is 11.8 Å². The average molecular weight is 553 g/mol. The van der Waals surface area contributed by atoms with Crippen LogP contribution in [0, 0.1) is 47.3 Å². The normalized spacial score (nSPS) is 38.2. The van der Waals surface area contributed by atoms with E-state index in [4.69, 9.17) is 4.42 Å². The molecule has 8 atom stereocenters. The standard InChI is InChI=1S/C32H48N4O4/c1-20(5-10-28(38)35-15-17-36(18-16-35)30(39)29-34-33-21(2)40-29)25-8-9-26-24-7-6-22-19-23(37)11-13-31(22,3)27(24)12-14-32(25,26)4/h6,20,23-27,37H,5,7-19H2,1-4H3/t20?,23-,24-,25+,26-,27-,31-,32+/m0/s1. The fourth-order valence-corrected chi connectivity index (χ4v) is 10.0. The molecule has 0 spiro atoms. The van der Waals surface area contributed by atoms with E-state index in [1.807, 2.05) is 4.90 Å². The van der Waals surface area contributed by atoms with Crippen LogP contribution < -0.4 is 0 Å². The molecule has 2 amide bonds. The summed E-state index contributed by atoms with van der Waals surface area (Å²) in [6.45, 7) is 11.3. The van der Waals surface area contributed by atoms with E-state index in [9.17, 15) is 14.7 Å². The van der Waals surface area contributed by atoms with Gasteiger partial charge in [0.15, 0.2) is 0 Å². The van der Waals surface area contributed by atoms with E-state index in [1.54, 1.807) is 17.4 Å². The third-order valence-corrected chi connectivity index (χ3v) is 12.3. The van der Waals surface area contributed by atoms with Gasteiger partial charge >= 0.3 is 11.8 Å². The molecule has 0 radical (unpaired) electrons. The van der Waals surface area contributed by atoms with E-state index in [1.165, 1.54) is 32.1 Å². The van der Waals surface area contributed by atoms with Crippen LogP contribution in [0.4, 0.5) is 0 Å². The molecule has 1 aromatic heterocycles. The van der Waals surface area contributed by atoms with Crippen LogP contribution in [0.5, 0.6) is 0 Å². The lowest BCUT2D eigenvalue weighted by molar-refractivity contribution is -0.133. The second-order valence-corrected chi connectivity index (χ2v) is 14.2. The summed E-state index contributed by atoms with van der Waals surface area (Å²) in [6.07, 6.45) is 13.4. The Labute approximate surface area is 238 Å². The second-order valence-electron chi connectivity index (χ2n) is 14.2. The number of allylic oxidation sites excluding steroid dienone is 1. The highest BCUT2D eigenvalue weighted by atomic mass is 16.4. The highest BCUT2D eigenvalue weighted by Crippen LogP contribution is 2.67. The predicted molar refractivity (Wildman–Crippen MR) is 151 cm³/mol. The van der Waals surface area contributed by atoms with Gasteiger partial charge in [0.2, 0.25) is 11.8 Å². The molecule has 40 heavy (non-hydrogen) atoms. The van der Waals surface area contributed by atoms with Crippen molar-refractivity contribution in [1.82, 2.24) is 20.0 Å². The first-order chi connectivity index (χ1) is 19.1. The summed E-state index contributed by atoms with van der Waals surface area (Å²) in [5.41, 5.74) is 2.21. The number of nitrogens with zero attached hydrogens (tertiary/aromatic N) is 4. The lowest BCUT2D eigenvalue weighted by Crippen LogP contribution is -2.51. The minimum absolute atomic E-state index is 0.0276. The van der Waals surface area contributed by atoms with Gasteiger partial charge < -0.3 is 19.3 Å². The van der Waals surface area contributed by atoms with Crippen LogP contribution in [0.15, 0.2) is 16.1 Å². The summed E-state index contributed by atoms with van der Waals surface area (Å²) in [7, 11) is 0. The Balaban J connectivity index is 1.02. The molecule has 0 aromatic carbocycles. The number of rotatable bonds is 5. The maximum absolute atomic E-state index is 13.2. The summed E-state index contributed by atoms with van der Waals surface area (Å²) in [5, 5.41) is 17.9. The van der Waals surface area contributed by atoms with Gasteiger partial charge in [0, 0.05) is 39.5 Å². The van der Waals surface area contributed by atoms with Crippen LogP contribution in [-0.2, 0) is 4.79 Å². The fourth-order valence-electron chi connectivity index (χ4n) is 10.0. The van der Waals surface area contributed by atoms with E-state index >= 15 is 0 Å². The largest absolute Gasteiger partial charge is 0.417 e. The van der Waals surface area contributed by atoms with Crippen molar-refractivity contribution in [3.63, 3.8) is 0 Å². The molecule has 6 rings (SSSR count). The van der Waals surface area contributed by atoms with Gasteiger partial charge in [0.1, 0.15) is 0 Å². The van der Waals surface area contributed by atoms with Crippen molar-refractivity contribution in [2.24, 2.45) is 40.4 Å². The molecule has 1 N–H and O–H groups in total. The number of hydrogen-bond donors (Lipinski definition) is 1. The van der Waals surface area contributed by atoms with Crippen LogP contribution in [0.1, 0.15) is 102 Å². The Morgan fingerprint density at radius 3 is 2.52 bits per heavy atom. The molecule has 2 heterocycles. The molecule has 8 nitrogen and oxygen atoms in total. The lowest BCUT2D eigenvalue weighted by atomic mass is 9.47. The molecule has 220 valence electrons. The zero-order valence-electron chi connectivity index (χ0n) is 24.9. The molecular formula is C32H48N4O4. The third kappa shape index (κ3) is 4.72. The van der Waals surface area contributed by atoms with Crippen molar-refractivity contribution in [3.05, 3.63) is 23.4 Å². The number of aliphatic hydroxyl groups is 1. The number of carbonyl (C=O) groups is 2.